The van der Waals surface area contributed by atoms with Crippen molar-refractivity contribution in [3.05, 3.63) is 18.5 Å². The molecule has 4 nitrogen and oxygen atoms in total. The van der Waals surface area contributed by atoms with E-state index in [1.807, 2.05) is 12.3 Å². The molecule has 1 saturated carbocycles. The topological polar surface area (TPSA) is 33.1 Å². The van der Waals surface area contributed by atoms with Gasteiger partial charge < -0.3 is 5.32 Å². The van der Waals surface area contributed by atoms with Gasteiger partial charge in [0.2, 0.25) is 0 Å². The molecule has 2 heterocycles. The quantitative estimate of drug-likeness (QED) is 0.916. The first-order valence-electron chi connectivity index (χ1n) is 8.13. The number of hydrogen-bond acceptors (Lipinski definition) is 3. The van der Waals surface area contributed by atoms with Crippen molar-refractivity contribution in [3.63, 3.8) is 0 Å². The fraction of sp³-hybridized carbons (Fsp3) is 0.812. The zero-order valence-corrected chi connectivity index (χ0v) is 12.9. The van der Waals surface area contributed by atoms with Gasteiger partial charge in [0.05, 0.1) is 6.54 Å². The molecule has 112 valence electrons. The van der Waals surface area contributed by atoms with Gasteiger partial charge in [-0.25, -0.2) is 0 Å². The van der Waals surface area contributed by atoms with Gasteiger partial charge in [0.15, 0.2) is 0 Å². The minimum Gasteiger partial charge on any atom is -0.308 e. The third-order valence-electron chi connectivity index (χ3n) is 5.53. The highest BCUT2D eigenvalue weighted by molar-refractivity contribution is 5.05. The van der Waals surface area contributed by atoms with Gasteiger partial charge in [-0.15, -0.1) is 0 Å². The second kappa shape index (κ2) is 5.49. The SMILES string of the molecule is CCC1(C)CN(CCn2cccn2)C2(CCCC2)CN1. The third-order valence-corrected chi connectivity index (χ3v) is 5.53. The first kappa shape index (κ1) is 14.1. The van der Waals surface area contributed by atoms with Crippen molar-refractivity contribution >= 4 is 0 Å². The average Bonchev–Trinajstić information content (AvgIpc) is 3.13. The second-order valence-corrected chi connectivity index (χ2v) is 6.89. The van der Waals surface area contributed by atoms with Crippen LogP contribution in [-0.2, 0) is 6.54 Å². The van der Waals surface area contributed by atoms with Gasteiger partial charge in [0.1, 0.15) is 0 Å². The summed E-state index contributed by atoms with van der Waals surface area (Å²) in [6.07, 6.45) is 10.6. The highest BCUT2D eigenvalue weighted by atomic mass is 15.3. The normalized spacial score (nSPS) is 30.1. The molecule has 2 aliphatic rings. The Kier molecular flexibility index (Phi) is 3.87. The molecule has 0 bridgehead atoms. The molecule has 1 spiro atoms. The Morgan fingerprint density at radius 3 is 2.70 bits per heavy atom. The van der Waals surface area contributed by atoms with Gasteiger partial charge in [-0.05, 0) is 32.3 Å². The number of aromatic nitrogens is 2. The van der Waals surface area contributed by atoms with E-state index < -0.39 is 0 Å². The maximum atomic E-state index is 4.35. The zero-order valence-electron chi connectivity index (χ0n) is 12.9. The minimum atomic E-state index is 0.276. The Labute approximate surface area is 122 Å². The molecule has 1 aromatic heterocycles. The standard InChI is InChI=1S/C16H28N4/c1-3-15(2)14-19(11-12-20-10-6-9-18-20)16(13-17-15)7-4-5-8-16/h6,9-10,17H,3-5,7-8,11-14H2,1-2H3. The number of nitrogens with zero attached hydrogens (tertiary/aromatic N) is 3. The first-order chi connectivity index (χ1) is 9.66. The summed E-state index contributed by atoms with van der Waals surface area (Å²) in [5.41, 5.74) is 0.694. The van der Waals surface area contributed by atoms with E-state index in [1.54, 1.807) is 0 Å². The van der Waals surface area contributed by atoms with E-state index in [4.69, 9.17) is 0 Å². The van der Waals surface area contributed by atoms with Crippen LogP contribution in [0, 0.1) is 0 Å². The first-order valence-corrected chi connectivity index (χ1v) is 8.13. The van der Waals surface area contributed by atoms with Crippen LogP contribution in [0.2, 0.25) is 0 Å². The van der Waals surface area contributed by atoms with E-state index in [0.29, 0.717) is 5.54 Å². The molecule has 0 amide bonds. The summed E-state index contributed by atoms with van der Waals surface area (Å²) < 4.78 is 2.06. The maximum absolute atomic E-state index is 4.35. The van der Waals surface area contributed by atoms with Crippen molar-refractivity contribution in [1.82, 2.24) is 20.0 Å². The molecule has 2 fully saturated rings. The van der Waals surface area contributed by atoms with E-state index in [0.717, 1.165) is 19.6 Å². The van der Waals surface area contributed by atoms with Crippen LogP contribution < -0.4 is 5.32 Å². The monoisotopic (exact) mass is 276 g/mol. The predicted octanol–water partition coefficient (Wildman–Crippen LogP) is 2.27. The summed E-state index contributed by atoms with van der Waals surface area (Å²) >= 11 is 0. The van der Waals surface area contributed by atoms with E-state index in [-0.39, 0.29) is 5.54 Å². The lowest BCUT2D eigenvalue weighted by Gasteiger charge is -2.52. The molecule has 4 heteroatoms. The van der Waals surface area contributed by atoms with Crippen LogP contribution in [0.1, 0.15) is 46.0 Å². The van der Waals surface area contributed by atoms with Crippen molar-refractivity contribution in [1.29, 1.82) is 0 Å². The summed E-state index contributed by atoms with van der Waals surface area (Å²) in [5, 5.41) is 8.18. The second-order valence-electron chi connectivity index (χ2n) is 6.89. The molecule has 1 N–H and O–H groups in total. The van der Waals surface area contributed by atoms with Gasteiger partial charge in [-0.2, -0.15) is 5.10 Å². The van der Waals surface area contributed by atoms with E-state index >= 15 is 0 Å². The van der Waals surface area contributed by atoms with Gasteiger partial charge >= 0.3 is 0 Å². The number of hydrogen-bond donors (Lipinski definition) is 1. The van der Waals surface area contributed by atoms with Crippen molar-refractivity contribution in [2.24, 2.45) is 0 Å². The van der Waals surface area contributed by atoms with Crippen LogP contribution in [0.4, 0.5) is 0 Å². The minimum absolute atomic E-state index is 0.276. The molecule has 0 radical (unpaired) electrons. The highest BCUT2D eigenvalue weighted by Gasteiger charge is 2.46. The summed E-state index contributed by atoms with van der Waals surface area (Å²) in [4.78, 5) is 2.77. The van der Waals surface area contributed by atoms with Gasteiger partial charge in [0, 0.05) is 43.1 Å². The van der Waals surface area contributed by atoms with Crippen molar-refractivity contribution in [2.45, 2.75) is 63.6 Å². The number of nitrogens with one attached hydrogen (secondary N) is 1. The molecule has 0 aromatic carbocycles. The van der Waals surface area contributed by atoms with Crippen molar-refractivity contribution in [3.8, 4) is 0 Å². The van der Waals surface area contributed by atoms with Gasteiger partial charge in [0.25, 0.3) is 0 Å². The summed E-state index contributed by atoms with van der Waals surface area (Å²) in [6, 6.07) is 2.01. The Bertz CT molecular complexity index is 422. The molecule has 20 heavy (non-hydrogen) atoms. The maximum Gasteiger partial charge on any atom is 0.0536 e. The third kappa shape index (κ3) is 2.63. The summed E-state index contributed by atoms with van der Waals surface area (Å²) in [7, 11) is 0. The lowest BCUT2D eigenvalue weighted by atomic mass is 9.85. The molecular formula is C16H28N4. The van der Waals surface area contributed by atoms with Gasteiger partial charge in [-0.1, -0.05) is 19.8 Å². The van der Waals surface area contributed by atoms with Crippen LogP contribution in [0.25, 0.3) is 0 Å². The number of rotatable bonds is 4. The molecule has 1 aliphatic heterocycles. The van der Waals surface area contributed by atoms with E-state index in [2.05, 4.69) is 40.0 Å². The molecular weight excluding hydrogens is 248 g/mol. The van der Waals surface area contributed by atoms with Gasteiger partial charge in [-0.3, -0.25) is 9.58 Å². The van der Waals surface area contributed by atoms with E-state index in [9.17, 15) is 0 Å². The van der Waals surface area contributed by atoms with Crippen LogP contribution in [0.15, 0.2) is 18.5 Å². The molecule has 1 aromatic rings. The molecule has 1 atom stereocenters. The fourth-order valence-corrected chi connectivity index (χ4v) is 3.87. The zero-order chi connectivity index (χ0) is 14.1. The molecule has 1 aliphatic carbocycles. The molecule has 1 saturated heterocycles. The Morgan fingerprint density at radius 2 is 2.05 bits per heavy atom. The van der Waals surface area contributed by atoms with Crippen molar-refractivity contribution < 1.29 is 0 Å². The largest absolute Gasteiger partial charge is 0.308 e. The summed E-state index contributed by atoms with van der Waals surface area (Å²) in [5.74, 6) is 0. The van der Waals surface area contributed by atoms with Crippen LogP contribution in [0.3, 0.4) is 0 Å². The Hall–Kier alpha value is -0.870. The smallest absolute Gasteiger partial charge is 0.0536 e. The lowest BCUT2D eigenvalue weighted by Crippen LogP contribution is -2.68. The molecule has 1 unspecified atom stereocenters. The van der Waals surface area contributed by atoms with Crippen LogP contribution in [0.5, 0.6) is 0 Å². The molecule has 3 rings (SSSR count). The Morgan fingerprint density at radius 1 is 1.25 bits per heavy atom. The van der Waals surface area contributed by atoms with Crippen molar-refractivity contribution in [2.75, 3.05) is 19.6 Å². The van der Waals surface area contributed by atoms with Crippen LogP contribution in [-0.4, -0.2) is 45.4 Å². The highest BCUT2D eigenvalue weighted by Crippen LogP contribution is 2.38. The Balaban J connectivity index is 1.71. The lowest BCUT2D eigenvalue weighted by molar-refractivity contribution is 0.00887. The van der Waals surface area contributed by atoms with E-state index in [1.165, 1.54) is 38.6 Å². The summed E-state index contributed by atoms with van der Waals surface area (Å²) in [6.45, 7) is 9.13. The van der Waals surface area contributed by atoms with Crippen LogP contribution >= 0.6 is 0 Å². The fourth-order valence-electron chi connectivity index (χ4n) is 3.87. The number of piperazine rings is 1. The average molecular weight is 276 g/mol. The predicted molar refractivity (Wildman–Crippen MR) is 81.7 cm³/mol.